The summed E-state index contributed by atoms with van der Waals surface area (Å²) in [6.07, 6.45) is 5.14. The van der Waals surface area contributed by atoms with E-state index >= 15 is 0 Å². The van der Waals surface area contributed by atoms with E-state index in [2.05, 4.69) is 25.2 Å². The second-order valence-corrected chi connectivity index (χ2v) is 5.69. The molecule has 0 spiro atoms. The summed E-state index contributed by atoms with van der Waals surface area (Å²) in [6, 6.07) is -0.325. The summed E-state index contributed by atoms with van der Waals surface area (Å²) in [6.45, 7) is 2.25. The molecule has 0 bridgehead atoms. The van der Waals surface area contributed by atoms with Crippen LogP contribution in [0.25, 0.3) is 5.78 Å². The Morgan fingerprint density at radius 1 is 1.38 bits per heavy atom. The fourth-order valence-corrected chi connectivity index (χ4v) is 2.98. The van der Waals surface area contributed by atoms with Crippen molar-refractivity contribution in [3.63, 3.8) is 0 Å². The first-order valence-electron chi connectivity index (χ1n) is 7.67. The van der Waals surface area contributed by atoms with E-state index in [0.29, 0.717) is 24.7 Å². The third kappa shape index (κ3) is 2.27. The molecule has 0 saturated carbocycles. The number of aromatic nitrogens is 6. The molecule has 124 valence electrons. The maximum Gasteiger partial charge on any atom is 0.286 e. The third-order valence-electron chi connectivity index (χ3n) is 4.13. The number of hydrogen-bond donors (Lipinski definition) is 1. The predicted octanol–water partition coefficient (Wildman–Crippen LogP) is 0.476. The molecule has 3 aromatic rings. The zero-order valence-electron chi connectivity index (χ0n) is 13.0. The van der Waals surface area contributed by atoms with Crippen molar-refractivity contribution in [2.24, 2.45) is 0 Å². The van der Waals surface area contributed by atoms with Crippen molar-refractivity contribution in [2.75, 3.05) is 6.54 Å². The zero-order valence-corrected chi connectivity index (χ0v) is 13.0. The molecule has 0 aliphatic carbocycles. The summed E-state index contributed by atoms with van der Waals surface area (Å²) < 4.78 is 6.38. The molecule has 10 heteroatoms. The van der Waals surface area contributed by atoms with E-state index in [1.165, 1.54) is 12.5 Å². The summed E-state index contributed by atoms with van der Waals surface area (Å²) in [7, 11) is 0. The summed E-state index contributed by atoms with van der Waals surface area (Å²) in [4.78, 5) is 39.2. The van der Waals surface area contributed by atoms with Gasteiger partial charge >= 0.3 is 0 Å². The van der Waals surface area contributed by atoms with Gasteiger partial charge in [0.15, 0.2) is 5.82 Å². The lowest BCUT2D eigenvalue weighted by atomic mass is 10.0. The van der Waals surface area contributed by atoms with E-state index < -0.39 is 11.5 Å². The zero-order chi connectivity index (χ0) is 16.7. The normalized spacial score (nSPS) is 18.2. The van der Waals surface area contributed by atoms with Gasteiger partial charge in [0.05, 0.1) is 0 Å². The minimum atomic E-state index is -0.478. The van der Waals surface area contributed by atoms with E-state index in [1.807, 2.05) is 0 Å². The fraction of sp³-hybridized carbons (Fsp3) is 0.429. The molecule has 1 amide bonds. The lowest BCUT2D eigenvalue weighted by Gasteiger charge is -2.33. The molecule has 10 nitrogen and oxygen atoms in total. The van der Waals surface area contributed by atoms with Crippen LogP contribution in [-0.2, 0) is 0 Å². The monoisotopic (exact) mass is 329 g/mol. The number of H-pyrrole nitrogens is 1. The quantitative estimate of drug-likeness (QED) is 0.725. The smallest absolute Gasteiger partial charge is 0.286 e. The summed E-state index contributed by atoms with van der Waals surface area (Å²) in [5, 5.41) is 6.45. The highest BCUT2D eigenvalue weighted by atomic mass is 16.5. The van der Waals surface area contributed by atoms with Crippen molar-refractivity contribution >= 4 is 11.7 Å². The van der Waals surface area contributed by atoms with Crippen molar-refractivity contribution in [2.45, 2.75) is 32.2 Å². The van der Waals surface area contributed by atoms with Crippen LogP contribution >= 0.6 is 0 Å². The highest BCUT2D eigenvalue weighted by molar-refractivity contribution is 5.94. The molecule has 24 heavy (non-hydrogen) atoms. The Morgan fingerprint density at radius 2 is 2.25 bits per heavy atom. The third-order valence-corrected chi connectivity index (χ3v) is 4.13. The van der Waals surface area contributed by atoms with Crippen molar-refractivity contribution in [3.05, 3.63) is 40.2 Å². The Labute approximate surface area is 135 Å². The van der Waals surface area contributed by atoms with Crippen LogP contribution in [0.4, 0.5) is 0 Å². The Kier molecular flexibility index (Phi) is 3.36. The Morgan fingerprint density at radius 3 is 3.04 bits per heavy atom. The first-order chi connectivity index (χ1) is 11.6. The molecule has 1 N–H and O–H groups in total. The van der Waals surface area contributed by atoms with Crippen LogP contribution in [0.5, 0.6) is 0 Å². The molecule has 1 saturated heterocycles. The largest absolute Gasteiger partial charge is 0.337 e. The molecule has 1 aliphatic rings. The van der Waals surface area contributed by atoms with Gasteiger partial charge in [0, 0.05) is 12.7 Å². The van der Waals surface area contributed by atoms with E-state index in [-0.39, 0.29) is 17.4 Å². The van der Waals surface area contributed by atoms with Gasteiger partial charge in [0.2, 0.25) is 5.89 Å². The number of piperidine rings is 1. The number of aryl methyl sites for hydroxylation is 1. The summed E-state index contributed by atoms with van der Waals surface area (Å²) in [5.74, 6) is 0.746. The van der Waals surface area contributed by atoms with Gasteiger partial charge in [-0.2, -0.15) is 9.50 Å². The average molecular weight is 329 g/mol. The van der Waals surface area contributed by atoms with E-state index in [0.717, 1.165) is 17.4 Å². The van der Waals surface area contributed by atoms with E-state index in [4.69, 9.17) is 4.52 Å². The van der Waals surface area contributed by atoms with Gasteiger partial charge in [0.1, 0.15) is 17.9 Å². The second kappa shape index (κ2) is 5.55. The number of likely N-dealkylation sites (tertiary alicyclic amines) is 1. The second-order valence-electron chi connectivity index (χ2n) is 5.69. The van der Waals surface area contributed by atoms with Crippen LogP contribution in [0.3, 0.4) is 0 Å². The van der Waals surface area contributed by atoms with E-state index in [9.17, 15) is 9.59 Å². The van der Waals surface area contributed by atoms with Crippen LogP contribution in [0.1, 0.15) is 47.4 Å². The molecular formula is C14H15N7O3. The molecule has 1 atom stereocenters. The van der Waals surface area contributed by atoms with Gasteiger partial charge in [-0.3, -0.25) is 14.7 Å². The maximum atomic E-state index is 12.9. The Bertz CT molecular complexity index is 957. The van der Waals surface area contributed by atoms with Crippen molar-refractivity contribution < 1.29 is 9.32 Å². The number of carbonyl (C=O) groups is 1. The van der Waals surface area contributed by atoms with Crippen molar-refractivity contribution in [1.82, 2.24) is 34.6 Å². The first kappa shape index (κ1) is 14.5. The highest BCUT2D eigenvalue weighted by Crippen LogP contribution is 2.30. The van der Waals surface area contributed by atoms with Gasteiger partial charge < -0.3 is 9.42 Å². The van der Waals surface area contributed by atoms with Crippen LogP contribution < -0.4 is 5.56 Å². The molecule has 4 heterocycles. The van der Waals surface area contributed by atoms with Crippen LogP contribution in [0.2, 0.25) is 0 Å². The lowest BCUT2D eigenvalue weighted by Crippen LogP contribution is -2.41. The molecular weight excluding hydrogens is 314 g/mol. The van der Waals surface area contributed by atoms with Gasteiger partial charge in [-0.15, -0.1) is 0 Å². The van der Waals surface area contributed by atoms with Crippen LogP contribution in [0, 0.1) is 6.92 Å². The van der Waals surface area contributed by atoms with Crippen LogP contribution in [0.15, 0.2) is 21.8 Å². The fourth-order valence-electron chi connectivity index (χ4n) is 2.98. The number of rotatable bonds is 2. The molecule has 3 aromatic heterocycles. The van der Waals surface area contributed by atoms with Gasteiger partial charge in [-0.05, 0) is 26.2 Å². The maximum absolute atomic E-state index is 12.9. The SMILES string of the molecule is Cc1noc([C@@H]2CCCCN2C(=O)c2cnc3nc[nH]n3c2=O)n1. The topological polar surface area (TPSA) is 122 Å². The Hall–Kier alpha value is -3.04. The first-order valence-corrected chi connectivity index (χ1v) is 7.67. The minimum absolute atomic E-state index is 0.0140. The molecule has 0 radical (unpaired) electrons. The summed E-state index contributed by atoms with van der Waals surface area (Å²) >= 11 is 0. The number of amides is 1. The predicted molar refractivity (Wildman–Crippen MR) is 80.3 cm³/mol. The highest BCUT2D eigenvalue weighted by Gasteiger charge is 2.33. The number of hydrogen-bond acceptors (Lipinski definition) is 7. The standard InChI is InChI=1S/C14H15N7O3/c1-8-18-11(24-19-8)10-4-2-3-5-20(10)12(22)9-6-15-14-16-7-17-21(14)13(9)23/h6-7,10H,2-5H2,1H3,(H,15,16,17)/t10-/m0/s1. The number of fused-ring (bicyclic) bond motifs is 1. The Balaban J connectivity index is 1.73. The number of aromatic amines is 1. The molecule has 1 fully saturated rings. The lowest BCUT2D eigenvalue weighted by molar-refractivity contribution is 0.0558. The van der Waals surface area contributed by atoms with Crippen molar-refractivity contribution in [3.8, 4) is 0 Å². The van der Waals surface area contributed by atoms with E-state index in [1.54, 1.807) is 11.8 Å². The molecule has 0 aromatic carbocycles. The van der Waals surface area contributed by atoms with Crippen molar-refractivity contribution in [1.29, 1.82) is 0 Å². The number of nitrogens with zero attached hydrogens (tertiary/aromatic N) is 6. The van der Waals surface area contributed by atoms with Gasteiger partial charge in [-0.25, -0.2) is 9.97 Å². The summed E-state index contributed by atoms with van der Waals surface area (Å²) in [5.41, 5.74) is -0.492. The van der Waals surface area contributed by atoms with Crippen LogP contribution in [-0.4, -0.2) is 47.1 Å². The number of carbonyl (C=O) groups excluding carboxylic acids is 1. The number of nitrogens with one attached hydrogen (secondary N) is 1. The van der Waals surface area contributed by atoms with Gasteiger partial charge in [-0.1, -0.05) is 5.16 Å². The molecule has 4 rings (SSSR count). The molecule has 0 unspecified atom stereocenters. The molecule has 1 aliphatic heterocycles. The minimum Gasteiger partial charge on any atom is -0.337 e. The van der Waals surface area contributed by atoms with Gasteiger partial charge in [0.25, 0.3) is 17.2 Å². The average Bonchev–Trinajstić information content (AvgIpc) is 3.24.